The normalized spacial score (nSPS) is 15.3. The van der Waals surface area contributed by atoms with E-state index in [1.807, 2.05) is 4.98 Å². The lowest BCUT2D eigenvalue weighted by Gasteiger charge is -2.34. The molecule has 0 radical (unpaired) electrons. The number of pyridine rings is 1. The van der Waals surface area contributed by atoms with Gasteiger partial charge in [0.15, 0.2) is 0 Å². The zero-order valence-electron chi connectivity index (χ0n) is 15.9. The summed E-state index contributed by atoms with van der Waals surface area (Å²) in [5.41, 5.74) is -3.34. The minimum atomic E-state index is -4.79. The molecule has 1 aliphatic heterocycles. The number of hydrogen-bond acceptors (Lipinski definition) is 5. The Morgan fingerprint density at radius 2 is 1.61 bits per heavy atom. The van der Waals surface area contributed by atoms with Gasteiger partial charge in [0.05, 0.1) is 5.56 Å². The summed E-state index contributed by atoms with van der Waals surface area (Å²) in [6.45, 7) is 1.13. The Labute approximate surface area is 171 Å². The van der Waals surface area contributed by atoms with Gasteiger partial charge in [0.25, 0.3) is 5.56 Å². The van der Waals surface area contributed by atoms with E-state index >= 15 is 0 Å². The molecule has 0 spiro atoms. The number of H-pyrrole nitrogens is 1. The number of aromatic amines is 1. The Balaban J connectivity index is 1.53. The Bertz CT molecular complexity index is 979. The molecule has 1 saturated heterocycles. The van der Waals surface area contributed by atoms with Gasteiger partial charge in [0, 0.05) is 51.2 Å². The lowest BCUT2D eigenvalue weighted by Crippen LogP contribution is -2.49. The average molecular weight is 449 g/mol. The van der Waals surface area contributed by atoms with Gasteiger partial charge in [-0.2, -0.15) is 26.3 Å². The number of hydrogen-bond donors (Lipinski definition) is 1. The van der Waals surface area contributed by atoms with Gasteiger partial charge in [0.2, 0.25) is 11.9 Å². The number of amides is 1. The summed E-state index contributed by atoms with van der Waals surface area (Å²) in [7, 11) is 0. The summed E-state index contributed by atoms with van der Waals surface area (Å²) in [4.78, 5) is 36.3. The number of nitrogens with zero attached hydrogens (tertiary/aromatic N) is 4. The van der Waals surface area contributed by atoms with Gasteiger partial charge < -0.3 is 14.8 Å². The van der Waals surface area contributed by atoms with Crippen molar-refractivity contribution in [2.75, 3.05) is 31.1 Å². The van der Waals surface area contributed by atoms with Crippen molar-refractivity contribution in [3.63, 3.8) is 0 Å². The molecule has 0 aromatic carbocycles. The molecular formula is C18H17F6N5O2. The van der Waals surface area contributed by atoms with Gasteiger partial charge >= 0.3 is 12.4 Å². The van der Waals surface area contributed by atoms with Crippen LogP contribution < -0.4 is 10.5 Å². The number of nitrogens with one attached hydrogen (secondary N) is 1. The zero-order valence-corrected chi connectivity index (χ0v) is 15.9. The van der Waals surface area contributed by atoms with Crippen LogP contribution in [0.25, 0.3) is 0 Å². The van der Waals surface area contributed by atoms with Crippen molar-refractivity contribution in [3.05, 3.63) is 51.7 Å². The lowest BCUT2D eigenvalue weighted by molar-refractivity contribution is -0.139. The minimum absolute atomic E-state index is 0.0148. The molecule has 1 fully saturated rings. The van der Waals surface area contributed by atoms with Crippen molar-refractivity contribution < 1.29 is 31.1 Å². The summed E-state index contributed by atoms with van der Waals surface area (Å²) in [6.07, 6.45) is -6.83. The van der Waals surface area contributed by atoms with E-state index in [1.54, 1.807) is 4.90 Å². The first-order chi connectivity index (χ1) is 14.4. The standard InChI is InChI=1S/C18H17F6N5O2/c19-17(20,21)12-9-26-16(27-10-12)29-5-3-28(4-6-29)14(30)2-1-11-7-13(18(22,23)24)15(31)25-8-11/h7-10H,1-6H2,(H,25,31). The molecule has 2 aromatic rings. The second-order valence-corrected chi connectivity index (χ2v) is 6.89. The number of carbonyl (C=O) groups is 1. The Kier molecular flexibility index (Phi) is 6.23. The third-order valence-electron chi connectivity index (χ3n) is 4.78. The topological polar surface area (TPSA) is 82.2 Å². The van der Waals surface area contributed by atoms with Crippen molar-refractivity contribution in [2.45, 2.75) is 25.2 Å². The van der Waals surface area contributed by atoms with E-state index in [4.69, 9.17) is 0 Å². The molecule has 168 valence electrons. The van der Waals surface area contributed by atoms with Crippen molar-refractivity contribution in [1.82, 2.24) is 19.9 Å². The van der Waals surface area contributed by atoms with Gasteiger partial charge in [-0.15, -0.1) is 0 Å². The maximum absolute atomic E-state index is 12.8. The second-order valence-electron chi connectivity index (χ2n) is 6.89. The molecule has 13 heteroatoms. The second kappa shape index (κ2) is 8.55. The van der Waals surface area contributed by atoms with E-state index in [9.17, 15) is 35.9 Å². The van der Waals surface area contributed by atoms with E-state index in [2.05, 4.69) is 9.97 Å². The smallest absolute Gasteiger partial charge is 0.339 e. The van der Waals surface area contributed by atoms with E-state index in [0.717, 1.165) is 12.3 Å². The van der Waals surface area contributed by atoms with Crippen LogP contribution in [0.15, 0.2) is 29.5 Å². The summed E-state index contributed by atoms with van der Waals surface area (Å²) in [5, 5.41) is 0. The van der Waals surface area contributed by atoms with Gasteiger partial charge in [-0.1, -0.05) is 0 Å². The van der Waals surface area contributed by atoms with E-state index in [-0.39, 0.29) is 43.4 Å². The summed E-state index contributed by atoms with van der Waals surface area (Å²) < 4.78 is 76.2. The molecule has 3 heterocycles. The van der Waals surface area contributed by atoms with Gasteiger partial charge in [-0.25, -0.2) is 9.97 Å². The van der Waals surface area contributed by atoms with Crippen LogP contribution in [0, 0.1) is 0 Å². The maximum Gasteiger partial charge on any atom is 0.421 e. The highest BCUT2D eigenvalue weighted by molar-refractivity contribution is 5.76. The predicted molar refractivity (Wildman–Crippen MR) is 96.2 cm³/mol. The highest BCUT2D eigenvalue weighted by Crippen LogP contribution is 2.29. The van der Waals surface area contributed by atoms with Crippen LogP contribution in [-0.4, -0.2) is 51.9 Å². The summed E-state index contributed by atoms with van der Waals surface area (Å²) in [5.74, 6) is -0.166. The molecule has 0 bridgehead atoms. The first-order valence-electron chi connectivity index (χ1n) is 9.16. The molecule has 0 saturated carbocycles. The van der Waals surface area contributed by atoms with E-state index in [1.165, 1.54) is 4.90 Å². The quantitative estimate of drug-likeness (QED) is 0.726. The first kappa shape index (κ1) is 22.6. The molecule has 31 heavy (non-hydrogen) atoms. The number of alkyl halides is 6. The minimum Gasteiger partial charge on any atom is -0.339 e. The first-order valence-corrected chi connectivity index (χ1v) is 9.16. The lowest BCUT2D eigenvalue weighted by atomic mass is 10.1. The van der Waals surface area contributed by atoms with Crippen LogP contribution in [0.2, 0.25) is 0 Å². The van der Waals surface area contributed by atoms with Crippen LogP contribution in [0.4, 0.5) is 32.3 Å². The van der Waals surface area contributed by atoms with Crippen LogP contribution >= 0.6 is 0 Å². The number of carbonyl (C=O) groups excluding carboxylic acids is 1. The number of aromatic nitrogens is 3. The number of halogens is 6. The Hall–Kier alpha value is -3.12. The van der Waals surface area contributed by atoms with E-state index < -0.39 is 29.0 Å². The van der Waals surface area contributed by atoms with Crippen LogP contribution in [0.1, 0.15) is 23.1 Å². The van der Waals surface area contributed by atoms with E-state index in [0.29, 0.717) is 25.5 Å². The molecule has 1 amide bonds. The molecule has 0 aliphatic carbocycles. The van der Waals surface area contributed by atoms with Gasteiger partial charge in [-0.05, 0) is 18.1 Å². The molecule has 3 rings (SSSR count). The highest BCUT2D eigenvalue weighted by atomic mass is 19.4. The average Bonchev–Trinajstić information content (AvgIpc) is 2.71. The molecule has 7 nitrogen and oxygen atoms in total. The fourth-order valence-corrected chi connectivity index (χ4v) is 3.08. The number of anilines is 1. The van der Waals surface area contributed by atoms with Crippen molar-refractivity contribution in [1.29, 1.82) is 0 Å². The van der Waals surface area contributed by atoms with Crippen LogP contribution in [0.5, 0.6) is 0 Å². The third kappa shape index (κ3) is 5.52. The Morgan fingerprint density at radius 3 is 2.16 bits per heavy atom. The largest absolute Gasteiger partial charge is 0.421 e. The molecule has 1 aliphatic rings. The van der Waals surface area contributed by atoms with Crippen molar-refractivity contribution >= 4 is 11.9 Å². The highest BCUT2D eigenvalue weighted by Gasteiger charge is 2.34. The summed E-state index contributed by atoms with van der Waals surface area (Å²) >= 11 is 0. The molecular weight excluding hydrogens is 432 g/mol. The molecule has 2 aromatic heterocycles. The molecule has 0 atom stereocenters. The van der Waals surface area contributed by atoms with Gasteiger partial charge in [0.1, 0.15) is 5.56 Å². The van der Waals surface area contributed by atoms with Gasteiger partial charge in [-0.3, -0.25) is 9.59 Å². The zero-order chi connectivity index (χ0) is 22.8. The maximum atomic E-state index is 12.8. The molecule has 0 unspecified atom stereocenters. The monoisotopic (exact) mass is 449 g/mol. The van der Waals surface area contributed by atoms with Crippen LogP contribution in [0.3, 0.4) is 0 Å². The fourth-order valence-electron chi connectivity index (χ4n) is 3.08. The van der Waals surface area contributed by atoms with Crippen molar-refractivity contribution in [3.8, 4) is 0 Å². The number of piperazine rings is 1. The summed E-state index contributed by atoms with van der Waals surface area (Å²) in [6, 6.07) is 0.728. The SMILES string of the molecule is O=C(CCc1c[nH]c(=O)c(C(F)(F)F)c1)N1CCN(c2ncc(C(F)(F)F)cn2)CC1. The third-order valence-corrected chi connectivity index (χ3v) is 4.78. The fraction of sp³-hybridized carbons (Fsp3) is 0.444. The van der Waals surface area contributed by atoms with Crippen LogP contribution in [-0.2, 0) is 23.6 Å². The Morgan fingerprint density at radius 1 is 1.00 bits per heavy atom. The number of rotatable bonds is 4. The predicted octanol–water partition coefficient (Wildman–Crippen LogP) is 2.48. The van der Waals surface area contributed by atoms with Crippen molar-refractivity contribution in [2.24, 2.45) is 0 Å². The molecule has 1 N–H and O–H groups in total. The number of aryl methyl sites for hydroxylation is 1.